The van der Waals surface area contributed by atoms with E-state index in [2.05, 4.69) is 9.64 Å². The van der Waals surface area contributed by atoms with Gasteiger partial charge in [0.25, 0.3) is 0 Å². The van der Waals surface area contributed by atoms with E-state index in [0.29, 0.717) is 17.3 Å². The van der Waals surface area contributed by atoms with Crippen LogP contribution in [0.3, 0.4) is 0 Å². The first kappa shape index (κ1) is 19.9. The Labute approximate surface area is 171 Å². The Kier molecular flexibility index (Phi) is 5.11. The molecular formula is C21H20ClF3N2O2. The van der Waals surface area contributed by atoms with E-state index in [0.717, 1.165) is 38.0 Å². The lowest BCUT2D eigenvalue weighted by atomic mass is 9.77. The van der Waals surface area contributed by atoms with Gasteiger partial charge in [0, 0.05) is 25.3 Å². The first-order chi connectivity index (χ1) is 13.8. The Morgan fingerprint density at radius 1 is 0.931 bits per heavy atom. The molecule has 0 radical (unpaired) electrons. The van der Waals surface area contributed by atoms with Gasteiger partial charge in [0.05, 0.1) is 16.1 Å². The molecule has 2 heterocycles. The Morgan fingerprint density at radius 2 is 1.55 bits per heavy atom. The van der Waals surface area contributed by atoms with Gasteiger partial charge in [-0.3, -0.25) is 4.79 Å². The van der Waals surface area contributed by atoms with Gasteiger partial charge in [-0.25, -0.2) is 0 Å². The number of alkyl halides is 3. The SMILES string of the molecule is O=C1N(c2ccc(OC(F)(F)F)cc2)CCC12CCN(c1ccccc1Cl)CC2. The van der Waals surface area contributed by atoms with E-state index < -0.39 is 11.8 Å². The average molecular weight is 425 g/mol. The van der Waals surface area contributed by atoms with Crippen LogP contribution in [-0.2, 0) is 4.79 Å². The van der Waals surface area contributed by atoms with Crippen LogP contribution < -0.4 is 14.5 Å². The van der Waals surface area contributed by atoms with Crippen molar-refractivity contribution < 1.29 is 22.7 Å². The summed E-state index contributed by atoms with van der Waals surface area (Å²) in [5, 5.41) is 0.698. The molecule has 0 atom stereocenters. The van der Waals surface area contributed by atoms with Gasteiger partial charge in [-0.1, -0.05) is 23.7 Å². The highest BCUT2D eigenvalue weighted by Crippen LogP contribution is 2.44. The van der Waals surface area contributed by atoms with Crippen LogP contribution in [0.1, 0.15) is 19.3 Å². The third-order valence-electron chi connectivity index (χ3n) is 5.81. The molecule has 2 aliphatic rings. The molecule has 2 aromatic carbocycles. The maximum absolute atomic E-state index is 13.2. The quantitative estimate of drug-likeness (QED) is 0.673. The van der Waals surface area contributed by atoms with Crippen LogP contribution in [0.4, 0.5) is 24.5 Å². The summed E-state index contributed by atoms with van der Waals surface area (Å²) in [5.41, 5.74) is 1.15. The van der Waals surface area contributed by atoms with Gasteiger partial charge in [0.1, 0.15) is 5.75 Å². The van der Waals surface area contributed by atoms with E-state index in [1.807, 2.05) is 24.3 Å². The van der Waals surface area contributed by atoms with E-state index in [1.165, 1.54) is 24.3 Å². The normalized spacial score (nSPS) is 19.1. The van der Waals surface area contributed by atoms with Gasteiger partial charge in [-0.15, -0.1) is 13.2 Å². The molecule has 0 saturated carbocycles. The molecule has 2 aliphatic heterocycles. The fourth-order valence-electron chi connectivity index (χ4n) is 4.24. The molecule has 154 valence electrons. The number of nitrogens with zero attached hydrogens (tertiary/aromatic N) is 2. The fraction of sp³-hybridized carbons (Fsp3) is 0.381. The van der Waals surface area contributed by atoms with Gasteiger partial charge in [-0.05, 0) is 55.7 Å². The van der Waals surface area contributed by atoms with Crippen molar-refractivity contribution >= 4 is 28.9 Å². The molecule has 1 amide bonds. The summed E-state index contributed by atoms with van der Waals surface area (Å²) in [6, 6.07) is 13.1. The predicted molar refractivity (Wildman–Crippen MR) is 105 cm³/mol. The van der Waals surface area contributed by atoms with E-state index in [4.69, 9.17) is 11.6 Å². The number of carbonyl (C=O) groups excluding carboxylic acids is 1. The zero-order chi connectivity index (χ0) is 20.6. The van der Waals surface area contributed by atoms with Crippen LogP contribution in [-0.4, -0.2) is 31.9 Å². The van der Waals surface area contributed by atoms with Crippen molar-refractivity contribution in [1.82, 2.24) is 0 Å². The highest BCUT2D eigenvalue weighted by atomic mass is 35.5. The summed E-state index contributed by atoms with van der Waals surface area (Å²) < 4.78 is 40.9. The number of hydrogen-bond donors (Lipinski definition) is 0. The number of rotatable bonds is 3. The minimum absolute atomic E-state index is 0.0424. The van der Waals surface area contributed by atoms with E-state index in [9.17, 15) is 18.0 Å². The second-order valence-electron chi connectivity index (χ2n) is 7.47. The van der Waals surface area contributed by atoms with Gasteiger partial charge < -0.3 is 14.5 Å². The van der Waals surface area contributed by atoms with Crippen molar-refractivity contribution in [2.24, 2.45) is 5.41 Å². The monoisotopic (exact) mass is 424 g/mol. The summed E-state index contributed by atoms with van der Waals surface area (Å²) in [7, 11) is 0. The largest absolute Gasteiger partial charge is 0.573 e. The summed E-state index contributed by atoms with van der Waals surface area (Å²) in [5.74, 6) is -0.253. The van der Waals surface area contributed by atoms with Crippen LogP contribution in [0.2, 0.25) is 5.02 Å². The van der Waals surface area contributed by atoms with Crippen molar-refractivity contribution in [2.75, 3.05) is 29.4 Å². The number of ether oxygens (including phenoxy) is 1. The molecule has 2 fully saturated rings. The summed E-state index contributed by atoms with van der Waals surface area (Å²) in [6.07, 6.45) is -2.54. The van der Waals surface area contributed by atoms with Crippen LogP contribution in [0.5, 0.6) is 5.75 Å². The lowest BCUT2D eigenvalue weighted by Gasteiger charge is -2.39. The van der Waals surface area contributed by atoms with Crippen molar-refractivity contribution in [3.05, 3.63) is 53.6 Å². The minimum Gasteiger partial charge on any atom is -0.406 e. The van der Waals surface area contributed by atoms with Crippen LogP contribution >= 0.6 is 11.6 Å². The maximum Gasteiger partial charge on any atom is 0.573 e. The highest BCUT2D eigenvalue weighted by molar-refractivity contribution is 6.33. The smallest absolute Gasteiger partial charge is 0.406 e. The van der Waals surface area contributed by atoms with Crippen LogP contribution in [0.25, 0.3) is 0 Å². The summed E-state index contributed by atoms with van der Waals surface area (Å²) >= 11 is 6.30. The number of hydrogen-bond acceptors (Lipinski definition) is 3. The maximum atomic E-state index is 13.2. The molecule has 29 heavy (non-hydrogen) atoms. The minimum atomic E-state index is -4.73. The second-order valence-corrected chi connectivity index (χ2v) is 7.87. The fourth-order valence-corrected chi connectivity index (χ4v) is 4.50. The molecule has 8 heteroatoms. The van der Waals surface area contributed by atoms with E-state index >= 15 is 0 Å². The predicted octanol–water partition coefficient (Wildman–Crippen LogP) is 5.26. The molecule has 2 saturated heterocycles. The number of piperidine rings is 1. The van der Waals surface area contributed by atoms with Gasteiger partial charge in [0.2, 0.25) is 5.91 Å². The molecule has 0 aliphatic carbocycles. The van der Waals surface area contributed by atoms with Gasteiger partial charge >= 0.3 is 6.36 Å². The number of amides is 1. The number of para-hydroxylation sites is 1. The van der Waals surface area contributed by atoms with Crippen molar-refractivity contribution in [3.63, 3.8) is 0 Å². The molecule has 0 unspecified atom stereocenters. The molecule has 0 aromatic heterocycles. The summed E-state index contributed by atoms with van der Waals surface area (Å²) in [4.78, 5) is 17.0. The Morgan fingerprint density at radius 3 is 2.17 bits per heavy atom. The third-order valence-corrected chi connectivity index (χ3v) is 6.13. The number of anilines is 2. The molecule has 1 spiro atoms. The molecule has 2 aromatic rings. The molecule has 0 bridgehead atoms. The highest BCUT2D eigenvalue weighted by Gasteiger charge is 2.48. The molecule has 4 nitrogen and oxygen atoms in total. The third kappa shape index (κ3) is 4.01. The topological polar surface area (TPSA) is 32.8 Å². The van der Waals surface area contributed by atoms with E-state index in [-0.39, 0.29) is 11.7 Å². The number of benzene rings is 2. The van der Waals surface area contributed by atoms with Crippen molar-refractivity contribution in [1.29, 1.82) is 0 Å². The van der Waals surface area contributed by atoms with Gasteiger partial charge in [-0.2, -0.15) is 0 Å². The molecule has 0 N–H and O–H groups in total. The number of carbonyl (C=O) groups is 1. The van der Waals surface area contributed by atoms with Crippen LogP contribution in [0, 0.1) is 5.41 Å². The zero-order valence-corrected chi connectivity index (χ0v) is 16.3. The lowest BCUT2D eigenvalue weighted by Crippen LogP contribution is -2.44. The zero-order valence-electron chi connectivity index (χ0n) is 15.6. The van der Waals surface area contributed by atoms with E-state index in [1.54, 1.807) is 4.90 Å². The lowest BCUT2D eigenvalue weighted by molar-refractivity contribution is -0.274. The Bertz CT molecular complexity index is 894. The average Bonchev–Trinajstić information content (AvgIpc) is 2.99. The molecule has 4 rings (SSSR count). The Balaban J connectivity index is 1.43. The standard InChI is InChI=1S/C21H20ClF3N2O2/c22-17-3-1-2-4-18(17)26-12-9-20(10-13-26)11-14-27(19(20)28)15-5-7-16(8-6-15)29-21(23,24)25/h1-8H,9-14H2. The van der Waals surface area contributed by atoms with Crippen LogP contribution in [0.15, 0.2) is 48.5 Å². The number of halogens is 4. The first-order valence-corrected chi connectivity index (χ1v) is 9.83. The first-order valence-electron chi connectivity index (χ1n) is 9.45. The van der Waals surface area contributed by atoms with Gasteiger partial charge in [0.15, 0.2) is 0 Å². The van der Waals surface area contributed by atoms with Crippen molar-refractivity contribution in [3.8, 4) is 5.75 Å². The summed E-state index contributed by atoms with van der Waals surface area (Å²) in [6.45, 7) is 2.04. The molecular weight excluding hydrogens is 405 g/mol. The Hall–Kier alpha value is -2.41. The van der Waals surface area contributed by atoms with Crippen molar-refractivity contribution in [2.45, 2.75) is 25.6 Å². The second kappa shape index (κ2) is 7.44.